The van der Waals surface area contributed by atoms with Crippen LogP contribution in [-0.2, 0) is 16.6 Å². The molecule has 1 saturated heterocycles. The fraction of sp³-hybridized carbons (Fsp3) is 0.632. The summed E-state index contributed by atoms with van der Waals surface area (Å²) in [7, 11) is 0.229. The van der Waals surface area contributed by atoms with Gasteiger partial charge in [0.2, 0.25) is 10.0 Å². The number of hydrogen-bond donors (Lipinski definition) is 2. The number of likely N-dealkylation sites (N-methyl/N-ethyl adjacent to an activating group) is 1. The summed E-state index contributed by atoms with van der Waals surface area (Å²) in [6.45, 7) is 9.33. The van der Waals surface area contributed by atoms with Gasteiger partial charge >= 0.3 is 0 Å². The molecule has 2 rings (SSSR count). The molecular formula is C19H33N5O2S. The Labute approximate surface area is 163 Å². The van der Waals surface area contributed by atoms with Crippen molar-refractivity contribution < 1.29 is 8.42 Å². The first-order valence-corrected chi connectivity index (χ1v) is 10.9. The number of nitrogens with zero attached hydrogens (tertiary/aromatic N) is 3. The lowest BCUT2D eigenvalue weighted by molar-refractivity contribution is 0.222. The molecule has 0 radical (unpaired) electrons. The third-order valence-corrected chi connectivity index (χ3v) is 7.09. The summed E-state index contributed by atoms with van der Waals surface area (Å²) >= 11 is 0. The van der Waals surface area contributed by atoms with Gasteiger partial charge in [-0.2, -0.15) is 4.31 Å². The molecule has 27 heavy (non-hydrogen) atoms. The van der Waals surface area contributed by atoms with Crippen LogP contribution in [0, 0.1) is 5.92 Å². The van der Waals surface area contributed by atoms with Gasteiger partial charge in [-0.25, -0.2) is 8.42 Å². The smallest absolute Gasteiger partial charge is 0.243 e. The summed E-state index contributed by atoms with van der Waals surface area (Å²) in [6, 6.07) is 7.46. The Bertz CT molecular complexity index is 740. The molecule has 8 heteroatoms. The van der Waals surface area contributed by atoms with E-state index in [4.69, 9.17) is 0 Å². The molecule has 1 aromatic rings. The minimum atomic E-state index is -3.50. The van der Waals surface area contributed by atoms with E-state index in [0.29, 0.717) is 36.4 Å². The van der Waals surface area contributed by atoms with E-state index in [0.717, 1.165) is 18.7 Å². The highest BCUT2D eigenvalue weighted by Crippen LogP contribution is 2.21. The quantitative estimate of drug-likeness (QED) is 0.561. The van der Waals surface area contributed by atoms with Gasteiger partial charge in [0.05, 0.1) is 4.90 Å². The van der Waals surface area contributed by atoms with E-state index in [9.17, 15) is 8.42 Å². The van der Waals surface area contributed by atoms with Crippen LogP contribution >= 0.6 is 0 Å². The van der Waals surface area contributed by atoms with Crippen molar-refractivity contribution >= 4 is 16.0 Å². The van der Waals surface area contributed by atoms with Crippen molar-refractivity contribution in [1.82, 2.24) is 19.8 Å². The number of nitrogens with one attached hydrogen (secondary N) is 2. The highest BCUT2D eigenvalue weighted by molar-refractivity contribution is 7.89. The zero-order chi connectivity index (χ0) is 20.0. The summed E-state index contributed by atoms with van der Waals surface area (Å²) in [5.41, 5.74) is 0.747. The zero-order valence-corrected chi connectivity index (χ0v) is 17.9. The first-order chi connectivity index (χ1) is 12.8. The van der Waals surface area contributed by atoms with Crippen LogP contribution in [0.25, 0.3) is 0 Å². The molecule has 0 saturated carbocycles. The summed E-state index contributed by atoms with van der Waals surface area (Å²) in [4.78, 5) is 6.76. The second-order valence-electron chi connectivity index (χ2n) is 7.42. The first-order valence-electron chi connectivity index (χ1n) is 9.49. The van der Waals surface area contributed by atoms with Crippen LogP contribution in [0.15, 0.2) is 34.2 Å². The Morgan fingerprint density at radius 3 is 2.37 bits per heavy atom. The Kier molecular flexibility index (Phi) is 7.64. The monoisotopic (exact) mass is 395 g/mol. The molecule has 1 unspecified atom stereocenters. The first kappa shape index (κ1) is 21.7. The minimum absolute atomic E-state index is 0.264. The Hall–Kier alpha value is -1.64. The van der Waals surface area contributed by atoms with Crippen LogP contribution in [0.1, 0.15) is 26.3 Å². The highest BCUT2D eigenvalue weighted by Gasteiger charge is 2.29. The summed E-state index contributed by atoms with van der Waals surface area (Å²) in [5.74, 6) is 1.14. The second-order valence-corrected chi connectivity index (χ2v) is 9.32. The van der Waals surface area contributed by atoms with Crippen LogP contribution in [0.4, 0.5) is 0 Å². The van der Waals surface area contributed by atoms with Crippen LogP contribution < -0.4 is 10.6 Å². The van der Waals surface area contributed by atoms with Crippen molar-refractivity contribution in [2.45, 2.75) is 38.3 Å². The van der Waals surface area contributed by atoms with Gasteiger partial charge in [0.15, 0.2) is 5.96 Å². The molecule has 0 amide bonds. The van der Waals surface area contributed by atoms with Gasteiger partial charge < -0.3 is 15.5 Å². The summed E-state index contributed by atoms with van der Waals surface area (Å²) in [6.07, 6.45) is 0. The third-order valence-electron chi connectivity index (χ3n) is 5.09. The van der Waals surface area contributed by atoms with Crippen molar-refractivity contribution in [1.29, 1.82) is 0 Å². The number of hydrogen-bond acceptors (Lipinski definition) is 4. The number of guanidine groups is 1. The van der Waals surface area contributed by atoms with Crippen LogP contribution in [0.5, 0.6) is 0 Å². The van der Waals surface area contributed by atoms with E-state index >= 15 is 0 Å². The van der Waals surface area contributed by atoms with E-state index in [1.807, 2.05) is 19.2 Å². The van der Waals surface area contributed by atoms with E-state index in [1.165, 1.54) is 0 Å². The van der Waals surface area contributed by atoms with Crippen LogP contribution in [0.2, 0.25) is 0 Å². The average molecular weight is 396 g/mol. The molecule has 1 aromatic carbocycles. The number of benzene rings is 1. The highest BCUT2D eigenvalue weighted by atomic mass is 32.2. The fourth-order valence-corrected chi connectivity index (χ4v) is 4.47. The standard InChI is InChI=1S/C19H33N5O2S/c1-15(2)16(3)22-19(20-4)21-14-17-8-6-7-9-18(17)27(25,26)24-12-10-23(5)11-13-24/h6-9,15-16H,10-14H2,1-5H3,(H2,20,21,22). The van der Waals surface area contributed by atoms with Crippen molar-refractivity contribution in [2.24, 2.45) is 10.9 Å². The lowest BCUT2D eigenvalue weighted by atomic mass is 10.1. The maximum absolute atomic E-state index is 13.1. The van der Waals surface area contributed by atoms with Gasteiger partial charge in [-0.3, -0.25) is 4.99 Å². The number of sulfonamides is 1. The summed E-state index contributed by atoms with van der Waals surface area (Å²) < 4.78 is 27.8. The van der Waals surface area contributed by atoms with Crippen LogP contribution in [-0.4, -0.2) is 69.9 Å². The largest absolute Gasteiger partial charge is 0.354 e. The molecule has 7 nitrogen and oxygen atoms in total. The molecule has 1 heterocycles. The third kappa shape index (κ3) is 5.67. The van der Waals surface area contributed by atoms with E-state index < -0.39 is 10.0 Å². The van der Waals surface area contributed by atoms with Gasteiger partial charge in [-0.1, -0.05) is 32.0 Å². The van der Waals surface area contributed by atoms with Gasteiger partial charge in [0.25, 0.3) is 0 Å². The number of piperazine rings is 1. The van der Waals surface area contributed by atoms with Gasteiger partial charge in [0.1, 0.15) is 0 Å². The van der Waals surface area contributed by atoms with Gasteiger partial charge in [0, 0.05) is 45.8 Å². The molecule has 1 atom stereocenters. The predicted octanol–water partition coefficient (Wildman–Crippen LogP) is 1.33. The van der Waals surface area contributed by atoms with Gasteiger partial charge in [-0.15, -0.1) is 0 Å². The zero-order valence-electron chi connectivity index (χ0n) is 17.1. The van der Waals surface area contributed by atoms with Crippen molar-refractivity contribution in [3.63, 3.8) is 0 Å². The number of rotatable bonds is 6. The SMILES string of the molecule is CN=C(NCc1ccccc1S(=O)(=O)N1CCN(C)CC1)NC(C)C(C)C. The normalized spacial score (nSPS) is 18.5. The van der Waals surface area contributed by atoms with E-state index in [-0.39, 0.29) is 6.04 Å². The molecule has 1 aliphatic heterocycles. The molecule has 0 aliphatic carbocycles. The lowest BCUT2D eigenvalue weighted by Crippen LogP contribution is -2.47. The maximum atomic E-state index is 13.1. The number of aliphatic imine (C=N–C) groups is 1. The van der Waals surface area contributed by atoms with Crippen molar-refractivity contribution in [3.8, 4) is 0 Å². The van der Waals surface area contributed by atoms with Gasteiger partial charge in [-0.05, 0) is 31.5 Å². The van der Waals surface area contributed by atoms with E-state index in [1.54, 1.807) is 23.5 Å². The second kappa shape index (κ2) is 9.52. The molecule has 1 aliphatic rings. The molecule has 0 spiro atoms. The Morgan fingerprint density at radius 2 is 1.78 bits per heavy atom. The minimum Gasteiger partial charge on any atom is -0.354 e. The fourth-order valence-electron chi connectivity index (χ4n) is 2.82. The summed E-state index contributed by atoms with van der Waals surface area (Å²) in [5, 5.41) is 6.58. The predicted molar refractivity (Wildman–Crippen MR) is 110 cm³/mol. The van der Waals surface area contributed by atoms with E-state index in [2.05, 4.69) is 41.3 Å². The molecule has 0 aromatic heterocycles. The lowest BCUT2D eigenvalue weighted by Gasteiger charge is -2.32. The average Bonchev–Trinajstić information content (AvgIpc) is 2.65. The Morgan fingerprint density at radius 1 is 1.15 bits per heavy atom. The molecule has 0 bridgehead atoms. The van der Waals surface area contributed by atoms with Crippen molar-refractivity contribution in [3.05, 3.63) is 29.8 Å². The molecule has 1 fully saturated rings. The van der Waals surface area contributed by atoms with Crippen molar-refractivity contribution in [2.75, 3.05) is 40.3 Å². The molecule has 152 valence electrons. The topological polar surface area (TPSA) is 77.0 Å². The molecule has 2 N–H and O–H groups in total. The molecular weight excluding hydrogens is 362 g/mol. The van der Waals surface area contributed by atoms with Crippen LogP contribution in [0.3, 0.4) is 0 Å². The Balaban J connectivity index is 2.13. The maximum Gasteiger partial charge on any atom is 0.243 e.